The Morgan fingerprint density at radius 1 is 1.00 bits per heavy atom. The molecule has 1 aromatic rings. The lowest BCUT2D eigenvalue weighted by molar-refractivity contribution is -0.138. The maximum absolute atomic E-state index is 12.5. The highest BCUT2D eigenvalue weighted by molar-refractivity contribution is 5.98. The summed E-state index contributed by atoms with van der Waals surface area (Å²) in [5, 5.41) is 14.9. The third-order valence-electron chi connectivity index (χ3n) is 4.75. The van der Waals surface area contributed by atoms with Gasteiger partial charge in [-0.3, -0.25) is 14.4 Å². The van der Waals surface area contributed by atoms with Gasteiger partial charge in [-0.1, -0.05) is 12.8 Å². The van der Waals surface area contributed by atoms with Crippen molar-refractivity contribution in [3.8, 4) is 0 Å². The van der Waals surface area contributed by atoms with Crippen molar-refractivity contribution in [2.75, 3.05) is 0 Å². The summed E-state index contributed by atoms with van der Waals surface area (Å²) in [6, 6.07) is 6.77. The Labute approximate surface area is 140 Å². The molecule has 2 fully saturated rings. The molecule has 0 unspecified atom stereocenters. The van der Waals surface area contributed by atoms with Gasteiger partial charge >= 0.3 is 5.97 Å². The minimum Gasteiger partial charge on any atom is -0.481 e. The number of aliphatic carboxylic acids is 1. The number of carboxylic acid groups (broad SMARTS) is 1. The van der Waals surface area contributed by atoms with Gasteiger partial charge in [0.1, 0.15) is 0 Å². The standard InChI is InChI=1S/C18H22N2O4/c21-15(22)11-18(9-1-2-10-18)20-17(24)13-5-3-12(4-6-13)16(23)19-14-7-8-14/h3-6,14H,1-2,7-11H2,(H,19,23)(H,20,24)(H,21,22). The van der Waals surface area contributed by atoms with Crippen molar-refractivity contribution in [1.82, 2.24) is 10.6 Å². The van der Waals surface area contributed by atoms with Gasteiger partial charge in [0.15, 0.2) is 0 Å². The van der Waals surface area contributed by atoms with Gasteiger partial charge in [-0.25, -0.2) is 0 Å². The molecule has 2 saturated carbocycles. The van der Waals surface area contributed by atoms with E-state index in [4.69, 9.17) is 5.11 Å². The summed E-state index contributed by atoms with van der Waals surface area (Å²) in [6.45, 7) is 0. The molecule has 0 heterocycles. The molecule has 0 spiro atoms. The fourth-order valence-corrected chi connectivity index (χ4v) is 3.27. The highest BCUT2D eigenvalue weighted by atomic mass is 16.4. The summed E-state index contributed by atoms with van der Waals surface area (Å²) in [4.78, 5) is 35.5. The lowest BCUT2D eigenvalue weighted by atomic mass is 9.92. The number of benzene rings is 1. The molecule has 2 aliphatic carbocycles. The second-order valence-corrected chi connectivity index (χ2v) is 6.84. The predicted molar refractivity (Wildman–Crippen MR) is 87.8 cm³/mol. The molecule has 0 saturated heterocycles. The lowest BCUT2D eigenvalue weighted by Gasteiger charge is -2.28. The molecular weight excluding hydrogens is 308 g/mol. The zero-order valence-electron chi connectivity index (χ0n) is 13.5. The number of hydrogen-bond donors (Lipinski definition) is 3. The van der Waals surface area contributed by atoms with Crippen molar-refractivity contribution in [1.29, 1.82) is 0 Å². The lowest BCUT2D eigenvalue weighted by Crippen LogP contribution is -2.47. The first-order valence-corrected chi connectivity index (χ1v) is 8.43. The minimum atomic E-state index is -0.899. The van der Waals surface area contributed by atoms with Crippen LogP contribution in [0.1, 0.15) is 65.7 Å². The van der Waals surface area contributed by atoms with Gasteiger partial charge in [0, 0.05) is 17.2 Å². The quantitative estimate of drug-likeness (QED) is 0.744. The zero-order valence-corrected chi connectivity index (χ0v) is 13.5. The van der Waals surface area contributed by atoms with Gasteiger partial charge in [-0.05, 0) is 49.9 Å². The van der Waals surface area contributed by atoms with Gasteiger partial charge in [-0.2, -0.15) is 0 Å². The molecule has 0 atom stereocenters. The summed E-state index contributed by atoms with van der Waals surface area (Å²) in [5.74, 6) is -1.31. The number of nitrogens with one attached hydrogen (secondary N) is 2. The van der Waals surface area contributed by atoms with E-state index in [1.807, 2.05) is 0 Å². The SMILES string of the molecule is O=C(O)CC1(NC(=O)c2ccc(C(=O)NC3CC3)cc2)CCCC1. The van der Waals surface area contributed by atoms with E-state index >= 15 is 0 Å². The first kappa shape index (κ1) is 16.5. The molecule has 0 radical (unpaired) electrons. The van der Waals surface area contributed by atoms with Crippen molar-refractivity contribution in [3.63, 3.8) is 0 Å². The Morgan fingerprint density at radius 3 is 2.04 bits per heavy atom. The van der Waals surface area contributed by atoms with Crippen LogP contribution in [0.25, 0.3) is 0 Å². The Balaban J connectivity index is 1.65. The van der Waals surface area contributed by atoms with Crippen LogP contribution < -0.4 is 10.6 Å². The molecular formula is C18H22N2O4. The van der Waals surface area contributed by atoms with Crippen LogP contribution in [0.5, 0.6) is 0 Å². The maximum Gasteiger partial charge on any atom is 0.305 e. The van der Waals surface area contributed by atoms with Crippen molar-refractivity contribution >= 4 is 17.8 Å². The van der Waals surface area contributed by atoms with Crippen LogP contribution in [0.3, 0.4) is 0 Å². The summed E-state index contributed by atoms with van der Waals surface area (Å²) >= 11 is 0. The molecule has 3 N–H and O–H groups in total. The topological polar surface area (TPSA) is 95.5 Å². The van der Waals surface area contributed by atoms with E-state index in [-0.39, 0.29) is 18.2 Å². The van der Waals surface area contributed by atoms with E-state index in [1.54, 1.807) is 24.3 Å². The molecule has 2 aliphatic rings. The van der Waals surface area contributed by atoms with Crippen molar-refractivity contribution in [2.24, 2.45) is 0 Å². The minimum absolute atomic E-state index is 0.0549. The van der Waals surface area contributed by atoms with E-state index in [9.17, 15) is 14.4 Å². The monoisotopic (exact) mass is 330 g/mol. The number of carbonyl (C=O) groups is 3. The van der Waals surface area contributed by atoms with Crippen molar-refractivity contribution < 1.29 is 19.5 Å². The summed E-state index contributed by atoms with van der Waals surface area (Å²) in [5.41, 5.74) is 0.319. The maximum atomic E-state index is 12.5. The molecule has 2 amide bonds. The molecule has 3 rings (SSSR count). The molecule has 1 aromatic carbocycles. The van der Waals surface area contributed by atoms with Gasteiger partial charge in [0.25, 0.3) is 11.8 Å². The fraction of sp³-hybridized carbons (Fsp3) is 0.500. The van der Waals surface area contributed by atoms with Gasteiger partial charge in [0.05, 0.1) is 12.0 Å². The largest absolute Gasteiger partial charge is 0.481 e. The van der Waals surface area contributed by atoms with Crippen LogP contribution in [0.15, 0.2) is 24.3 Å². The molecule has 0 aromatic heterocycles. The van der Waals surface area contributed by atoms with Gasteiger partial charge in [-0.15, -0.1) is 0 Å². The second kappa shape index (κ2) is 6.63. The third-order valence-corrected chi connectivity index (χ3v) is 4.75. The van der Waals surface area contributed by atoms with Gasteiger partial charge < -0.3 is 15.7 Å². The van der Waals surface area contributed by atoms with E-state index in [1.165, 1.54) is 0 Å². The van der Waals surface area contributed by atoms with E-state index in [2.05, 4.69) is 10.6 Å². The van der Waals surface area contributed by atoms with Crippen LogP contribution >= 0.6 is 0 Å². The average Bonchev–Trinajstić information content (AvgIpc) is 3.25. The summed E-state index contributed by atoms with van der Waals surface area (Å²) < 4.78 is 0. The number of carbonyl (C=O) groups excluding carboxylic acids is 2. The summed E-state index contributed by atoms with van der Waals surface area (Å²) in [7, 11) is 0. The highest BCUT2D eigenvalue weighted by Gasteiger charge is 2.37. The number of carboxylic acids is 1. The Bertz CT molecular complexity index is 643. The molecule has 0 bridgehead atoms. The summed E-state index contributed by atoms with van der Waals surface area (Å²) in [6.07, 6.45) is 5.22. The van der Waals surface area contributed by atoms with Crippen LogP contribution in [0, 0.1) is 0 Å². The number of amides is 2. The molecule has 24 heavy (non-hydrogen) atoms. The van der Waals surface area contributed by atoms with Crippen LogP contribution in [-0.4, -0.2) is 34.5 Å². The Morgan fingerprint density at radius 2 is 1.54 bits per heavy atom. The molecule has 128 valence electrons. The predicted octanol–water partition coefficient (Wildman–Crippen LogP) is 2.10. The van der Waals surface area contributed by atoms with E-state index in [0.717, 1.165) is 25.7 Å². The Kier molecular flexibility index (Phi) is 4.55. The number of hydrogen-bond acceptors (Lipinski definition) is 3. The normalized spacial score (nSPS) is 18.8. The smallest absolute Gasteiger partial charge is 0.305 e. The molecule has 0 aliphatic heterocycles. The molecule has 6 heteroatoms. The number of rotatable bonds is 6. The second-order valence-electron chi connectivity index (χ2n) is 6.84. The van der Waals surface area contributed by atoms with Crippen LogP contribution in [0.4, 0.5) is 0 Å². The average molecular weight is 330 g/mol. The van der Waals surface area contributed by atoms with E-state index in [0.29, 0.717) is 30.0 Å². The Hall–Kier alpha value is -2.37. The first-order chi connectivity index (χ1) is 11.5. The van der Waals surface area contributed by atoms with Gasteiger partial charge in [0.2, 0.25) is 0 Å². The first-order valence-electron chi connectivity index (χ1n) is 8.43. The van der Waals surface area contributed by atoms with Crippen molar-refractivity contribution in [3.05, 3.63) is 35.4 Å². The zero-order chi connectivity index (χ0) is 17.2. The van der Waals surface area contributed by atoms with Crippen LogP contribution in [0.2, 0.25) is 0 Å². The van der Waals surface area contributed by atoms with Crippen molar-refractivity contribution in [2.45, 2.75) is 56.5 Å². The van der Waals surface area contributed by atoms with Crippen LogP contribution in [-0.2, 0) is 4.79 Å². The highest BCUT2D eigenvalue weighted by Crippen LogP contribution is 2.33. The molecule has 6 nitrogen and oxygen atoms in total. The third kappa shape index (κ3) is 3.93. The fourth-order valence-electron chi connectivity index (χ4n) is 3.27. The van der Waals surface area contributed by atoms with E-state index < -0.39 is 11.5 Å².